The maximum absolute atomic E-state index is 12.9. The van der Waals surface area contributed by atoms with Gasteiger partial charge in [0.05, 0.1) is 17.1 Å². The first-order chi connectivity index (χ1) is 12.8. The molecule has 1 heterocycles. The molecule has 2 aliphatic rings. The first-order valence-corrected chi connectivity index (χ1v) is 11.3. The molecule has 27 heavy (non-hydrogen) atoms. The second kappa shape index (κ2) is 8.29. The van der Waals surface area contributed by atoms with Crippen LogP contribution in [-0.4, -0.2) is 61.9 Å². The highest BCUT2D eigenvalue weighted by Crippen LogP contribution is 2.24. The molecule has 150 valence electrons. The number of sulfonamides is 1. The predicted molar refractivity (Wildman–Crippen MR) is 104 cm³/mol. The van der Waals surface area contributed by atoms with Gasteiger partial charge in [0.25, 0.3) is 5.91 Å². The molecule has 2 fully saturated rings. The van der Waals surface area contributed by atoms with Crippen LogP contribution in [-0.2, 0) is 14.8 Å². The number of hydrogen-bond donors (Lipinski definition) is 0. The lowest BCUT2D eigenvalue weighted by Crippen LogP contribution is -2.48. The molecule has 1 amide bonds. The van der Waals surface area contributed by atoms with Crippen LogP contribution in [0.25, 0.3) is 0 Å². The van der Waals surface area contributed by atoms with E-state index in [-0.39, 0.29) is 29.1 Å². The third-order valence-electron chi connectivity index (χ3n) is 5.57. The topological polar surface area (TPSA) is 66.9 Å². The molecule has 1 saturated heterocycles. The van der Waals surface area contributed by atoms with Crippen molar-refractivity contribution in [1.82, 2.24) is 9.21 Å². The quantitative estimate of drug-likeness (QED) is 0.788. The minimum Gasteiger partial charge on any atom is -0.373 e. The van der Waals surface area contributed by atoms with Crippen molar-refractivity contribution >= 4 is 15.9 Å². The van der Waals surface area contributed by atoms with E-state index in [1.54, 1.807) is 24.3 Å². The Morgan fingerprint density at radius 3 is 2.15 bits per heavy atom. The number of morpholine rings is 1. The summed E-state index contributed by atoms with van der Waals surface area (Å²) in [5.41, 5.74) is 0.533. The zero-order valence-corrected chi connectivity index (χ0v) is 17.2. The van der Waals surface area contributed by atoms with Crippen LogP contribution < -0.4 is 0 Å². The second-order valence-electron chi connectivity index (χ2n) is 7.81. The van der Waals surface area contributed by atoms with E-state index in [9.17, 15) is 13.2 Å². The maximum atomic E-state index is 12.9. The highest BCUT2D eigenvalue weighted by molar-refractivity contribution is 7.89. The van der Waals surface area contributed by atoms with Gasteiger partial charge in [-0.3, -0.25) is 4.79 Å². The standard InChI is InChI=1S/C20H30N2O4S/c1-15-13-22(14-16(2)26-15)27(24,25)19-11-9-17(10-12-19)20(23)21(3)18-7-5-4-6-8-18/h9-12,15-16,18H,4-8,13-14H2,1-3H3/t15-,16-/m1/s1. The fraction of sp³-hybridized carbons (Fsp3) is 0.650. The van der Waals surface area contributed by atoms with E-state index in [4.69, 9.17) is 4.74 Å². The molecule has 0 N–H and O–H groups in total. The van der Waals surface area contributed by atoms with Crippen molar-refractivity contribution in [3.63, 3.8) is 0 Å². The normalized spacial score (nSPS) is 25.3. The predicted octanol–water partition coefficient (Wildman–Crippen LogP) is 2.89. The van der Waals surface area contributed by atoms with Gasteiger partial charge >= 0.3 is 0 Å². The molecule has 1 aliphatic carbocycles. The van der Waals surface area contributed by atoms with Crippen molar-refractivity contribution in [3.8, 4) is 0 Å². The number of benzene rings is 1. The van der Waals surface area contributed by atoms with E-state index in [2.05, 4.69) is 0 Å². The van der Waals surface area contributed by atoms with E-state index in [1.807, 2.05) is 25.8 Å². The van der Waals surface area contributed by atoms with Crippen LogP contribution in [0.1, 0.15) is 56.3 Å². The zero-order valence-electron chi connectivity index (χ0n) is 16.4. The van der Waals surface area contributed by atoms with Crippen LogP contribution in [0.4, 0.5) is 0 Å². The Hall–Kier alpha value is -1.44. The Labute approximate surface area is 162 Å². The summed E-state index contributed by atoms with van der Waals surface area (Å²) < 4.78 is 32.9. The number of carbonyl (C=O) groups is 1. The molecule has 0 bridgehead atoms. The smallest absolute Gasteiger partial charge is 0.253 e. The Kier molecular flexibility index (Phi) is 6.23. The van der Waals surface area contributed by atoms with Gasteiger partial charge in [-0.1, -0.05) is 19.3 Å². The zero-order chi connectivity index (χ0) is 19.6. The van der Waals surface area contributed by atoms with Crippen molar-refractivity contribution < 1.29 is 17.9 Å². The second-order valence-corrected chi connectivity index (χ2v) is 9.75. The summed E-state index contributed by atoms with van der Waals surface area (Å²) in [6, 6.07) is 6.62. The molecule has 3 rings (SSSR count). The highest BCUT2D eigenvalue weighted by Gasteiger charge is 2.32. The van der Waals surface area contributed by atoms with Gasteiger partial charge in [-0.05, 0) is 51.0 Å². The largest absolute Gasteiger partial charge is 0.373 e. The monoisotopic (exact) mass is 394 g/mol. The fourth-order valence-corrected chi connectivity index (χ4v) is 5.67. The summed E-state index contributed by atoms with van der Waals surface area (Å²) in [6.45, 7) is 4.44. The van der Waals surface area contributed by atoms with Gasteiger partial charge in [0, 0.05) is 31.7 Å². The van der Waals surface area contributed by atoms with E-state index in [0.29, 0.717) is 18.7 Å². The van der Waals surface area contributed by atoms with Gasteiger partial charge in [0.1, 0.15) is 0 Å². The number of carbonyl (C=O) groups excluding carboxylic acids is 1. The minimum absolute atomic E-state index is 0.0422. The van der Waals surface area contributed by atoms with Crippen molar-refractivity contribution in [2.75, 3.05) is 20.1 Å². The van der Waals surface area contributed by atoms with Crippen molar-refractivity contribution in [1.29, 1.82) is 0 Å². The van der Waals surface area contributed by atoms with Gasteiger partial charge in [-0.2, -0.15) is 4.31 Å². The first kappa shape index (κ1) is 20.3. The molecular formula is C20H30N2O4S. The van der Waals surface area contributed by atoms with Crippen LogP contribution in [0.2, 0.25) is 0 Å². The number of amides is 1. The third kappa shape index (κ3) is 4.52. The average molecular weight is 395 g/mol. The Morgan fingerprint density at radius 1 is 1.04 bits per heavy atom. The number of hydrogen-bond acceptors (Lipinski definition) is 4. The highest BCUT2D eigenvalue weighted by atomic mass is 32.2. The SMILES string of the molecule is C[C@@H]1CN(S(=O)(=O)c2ccc(C(=O)N(C)C3CCCCC3)cc2)C[C@@H](C)O1. The van der Waals surface area contributed by atoms with Gasteiger partial charge in [-0.15, -0.1) is 0 Å². The van der Waals surface area contributed by atoms with Crippen molar-refractivity contribution in [2.45, 2.75) is 69.1 Å². The molecule has 0 radical (unpaired) electrons. The molecule has 6 nitrogen and oxygen atoms in total. The first-order valence-electron chi connectivity index (χ1n) is 9.82. The lowest BCUT2D eigenvalue weighted by Gasteiger charge is -2.34. The van der Waals surface area contributed by atoms with Crippen LogP contribution in [0.15, 0.2) is 29.2 Å². The molecule has 0 aromatic heterocycles. The lowest BCUT2D eigenvalue weighted by molar-refractivity contribution is -0.0440. The van der Waals surface area contributed by atoms with Crippen molar-refractivity contribution in [3.05, 3.63) is 29.8 Å². The van der Waals surface area contributed by atoms with E-state index < -0.39 is 10.0 Å². The van der Waals surface area contributed by atoms with Gasteiger partial charge in [0.15, 0.2) is 0 Å². The Morgan fingerprint density at radius 2 is 1.59 bits per heavy atom. The van der Waals surface area contributed by atoms with Gasteiger partial charge in [-0.25, -0.2) is 8.42 Å². The van der Waals surface area contributed by atoms with Gasteiger partial charge < -0.3 is 9.64 Å². The summed E-state index contributed by atoms with van der Waals surface area (Å²) in [7, 11) is -1.74. The number of rotatable bonds is 4. The minimum atomic E-state index is -3.58. The molecule has 2 atom stereocenters. The van der Waals surface area contributed by atoms with E-state index in [0.717, 1.165) is 25.7 Å². The molecule has 0 spiro atoms. The number of ether oxygens (including phenoxy) is 1. The summed E-state index contributed by atoms with van der Waals surface area (Å²) in [6.07, 6.45) is 5.39. The lowest BCUT2D eigenvalue weighted by atomic mass is 9.94. The van der Waals surface area contributed by atoms with Crippen LogP contribution in [0, 0.1) is 0 Å². The van der Waals surface area contributed by atoms with Gasteiger partial charge in [0.2, 0.25) is 10.0 Å². The summed E-state index contributed by atoms with van der Waals surface area (Å²) in [4.78, 5) is 14.8. The van der Waals surface area contributed by atoms with E-state index in [1.165, 1.54) is 10.7 Å². The molecule has 1 aromatic rings. The molecule has 1 aromatic carbocycles. The Balaban J connectivity index is 1.73. The third-order valence-corrected chi connectivity index (χ3v) is 7.41. The molecule has 0 unspecified atom stereocenters. The average Bonchev–Trinajstić information content (AvgIpc) is 2.67. The molecule has 1 aliphatic heterocycles. The number of nitrogens with zero attached hydrogens (tertiary/aromatic N) is 2. The summed E-state index contributed by atoms with van der Waals surface area (Å²) >= 11 is 0. The Bertz CT molecular complexity index is 747. The summed E-state index contributed by atoms with van der Waals surface area (Å²) in [5, 5.41) is 0. The van der Waals surface area contributed by atoms with Crippen LogP contribution in [0.5, 0.6) is 0 Å². The molecular weight excluding hydrogens is 364 g/mol. The van der Waals surface area contributed by atoms with Crippen molar-refractivity contribution in [2.24, 2.45) is 0 Å². The molecule has 1 saturated carbocycles. The maximum Gasteiger partial charge on any atom is 0.253 e. The summed E-state index contributed by atoms with van der Waals surface area (Å²) in [5.74, 6) is -0.0422. The van der Waals surface area contributed by atoms with Crippen LogP contribution in [0.3, 0.4) is 0 Å². The van der Waals surface area contributed by atoms with Crippen LogP contribution >= 0.6 is 0 Å². The molecule has 7 heteroatoms. The van der Waals surface area contributed by atoms with E-state index >= 15 is 0 Å². The fourth-order valence-electron chi connectivity index (χ4n) is 4.08.